The van der Waals surface area contributed by atoms with Crippen molar-refractivity contribution in [1.82, 2.24) is 20.5 Å². The van der Waals surface area contributed by atoms with E-state index in [1.807, 2.05) is 11.4 Å². The van der Waals surface area contributed by atoms with Gasteiger partial charge in [0.1, 0.15) is 5.82 Å². The number of carbonyl (C=O) groups excluding carboxylic acids is 1. The fraction of sp³-hybridized carbons (Fsp3) is 0.316. The first-order valence-corrected chi connectivity index (χ1v) is 10.5. The molecule has 5 nitrogen and oxygen atoms in total. The van der Waals surface area contributed by atoms with Crippen LogP contribution in [0.25, 0.3) is 0 Å². The summed E-state index contributed by atoms with van der Waals surface area (Å²) in [7, 11) is 0. The standard InChI is InChI=1S/C19H22N4OS2/c1-3-5-16-20-19(23-22-16)26-12-17(24)21-18(15-6-4-11-25-15)14-9-7-13(2)8-10-14/h4,6-11,18H,3,5,12H2,1-2H3,(H,21,24)(H,20,22,23). The van der Waals surface area contributed by atoms with Crippen LogP contribution in [0.5, 0.6) is 0 Å². The molecule has 1 amide bonds. The first-order chi connectivity index (χ1) is 12.7. The molecule has 136 valence electrons. The number of aromatic amines is 1. The van der Waals surface area contributed by atoms with Gasteiger partial charge in [-0.2, -0.15) is 0 Å². The summed E-state index contributed by atoms with van der Waals surface area (Å²) in [6.07, 6.45) is 1.88. The van der Waals surface area contributed by atoms with E-state index in [1.165, 1.54) is 17.3 Å². The number of carbonyl (C=O) groups is 1. The van der Waals surface area contributed by atoms with Crippen molar-refractivity contribution in [2.45, 2.75) is 37.9 Å². The third kappa shape index (κ3) is 4.95. The number of aromatic nitrogens is 3. The summed E-state index contributed by atoms with van der Waals surface area (Å²) >= 11 is 2.99. The summed E-state index contributed by atoms with van der Waals surface area (Å²) in [6.45, 7) is 4.15. The van der Waals surface area contributed by atoms with Crippen molar-refractivity contribution < 1.29 is 4.79 Å². The van der Waals surface area contributed by atoms with E-state index in [2.05, 4.69) is 64.7 Å². The predicted molar refractivity (Wildman–Crippen MR) is 107 cm³/mol. The Labute approximate surface area is 161 Å². The minimum atomic E-state index is -0.133. The number of amides is 1. The van der Waals surface area contributed by atoms with Crippen molar-refractivity contribution in [3.8, 4) is 0 Å². The normalized spacial score (nSPS) is 12.1. The number of nitrogens with one attached hydrogen (secondary N) is 2. The molecule has 0 saturated carbocycles. The van der Waals surface area contributed by atoms with E-state index in [9.17, 15) is 4.79 Å². The molecule has 2 heterocycles. The Morgan fingerprint density at radius 1 is 1.31 bits per heavy atom. The van der Waals surface area contributed by atoms with Crippen LogP contribution in [0.2, 0.25) is 0 Å². The topological polar surface area (TPSA) is 70.7 Å². The molecule has 0 radical (unpaired) electrons. The van der Waals surface area contributed by atoms with Crippen molar-refractivity contribution in [2.75, 3.05) is 5.75 Å². The van der Waals surface area contributed by atoms with Crippen LogP contribution in [-0.4, -0.2) is 26.8 Å². The number of thioether (sulfide) groups is 1. The maximum Gasteiger partial charge on any atom is 0.231 e. The quantitative estimate of drug-likeness (QED) is 0.571. The zero-order chi connectivity index (χ0) is 18.4. The minimum Gasteiger partial charge on any atom is -0.344 e. The maximum atomic E-state index is 12.5. The molecular formula is C19H22N4OS2. The van der Waals surface area contributed by atoms with Gasteiger partial charge in [0, 0.05) is 11.3 Å². The van der Waals surface area contributed by atoms with Gasteiger partial charge in [-0.15, -0.1) is 16.4 Å². The van der Waals surface area contributed by atoms with Gasteiger partial charge in [-0.1, -0.05) is 54.6 Å². The molecule has 3 rings (SSSR count). The fourth-order valence-corrected chi connectivity index (χ4v) is 3.99. The largest absolute Gasteiger partial charge is 0.344 e. The Bertz CT molecular complexity index is 828. The average Bonchev–Trinajstić information content (AvgIpc) is 3.31. The van der Waals surface area contributed by atoms with Crippen LogP contribution in [0.3, 0.4) is 0 Å². The van der Waals surface area contributed by atoms with Gasteiger partial charge in [-0.3, -0.25) is 9.89 Å². The van der Waals surface area contributed by atoms with Gasteiger partial charge < -0.3 is 5.32 Å². The predicted octanol–water partition coefficient (Wildman–Crippen LogP) is 4.13. The third-order valence-corrected chi connectivity index (χ3v) is 5.66. The number of nitrogens with zero attached hydrogens (tertiary/aromatic N) is 2. The molecule has 0 fully saturated rings. The van der Waals surface area contributed by atoms with Crippen molar-refractivity contribution in [1.29, 1.82) is 0 Å². The number of rotatable bonds is 8. The van der Waals surface area contributed by atoms with Crippen molar-refractivity contribution >= 4 is 29.0 Å². The highest BCUT2D eigenvalue weighted by molar-refractivity contribution is 7.99. The molecule has 0 aliphatic heterocycles. The van der Waals surface area contributed by atoms with Crippen LogP contribution >= 0.6 is 23.1 Å². The number of hydrogen-bond acceptors (Lipinski definition) is 5. The van der Waals surface area contributed by atoms with Crippen LogP contribution < -0.4 is 5.32 Å². The molecule has 1 atom stereocenters. The highest BCUT2D eigenvalue weighted by atomic mass is 32.2. The summed E-state index contributed by atoms with van der Waals surface area (Å²) in [6, 6.07) is 12.2. The zero-order valence-electron chi connectivity index (χ0n) is 14.9. The molecule has 0 spiro atoms. The van der Waals surface area contributed by atoms with Crippen molar-refractivity contribution in [2.24, 2.45) is 0 Å². The third-order valence-electron chi connectivity index (χ3n) is 3.87. The van der Waals surface area contributed by atoms with Crippen molar-refractivity contribution in [3.05, 3.63) is 63.6 Å². The smallest absolute Gasteiger partial charge is 0.231 e. The molecule has 0 saturated heterocycles. The Morgan fingerprint density at radius 2 is 2.12 bits per heavy atom. The number of H-pyrrole nitrogens is 1. The first-order valence-electron chi connectivity index (χ1n) is 8.59. The SMILES string of the molecule is CCCc1nc(SCC(=O)NC(c2ccc(C)cc2)c2cccs2)n[nH]1. The summed E-state index contributed by atoms with van der Waals surface area (Å²) in [5, 5.41) is 12.9. The minimum absolute atomic E-state index is 0.0317. The number of thiophene rings is 1. The molecule has 1 unspecified atom stereocenters. The Hall–Kier alpha value is -2.12. The van der Waals surface area contributed by atoms with E-state index in [4.69, 9.17) is 0 Å². The summed E-state index contributed by atoms with van der Waals surface area (Å²) in [5.74, 6) is 1.12. The van der Waals surface area contributed by atoms with Crippen LogP contribution in [0.1, 0.15) is 41.2 Å². The first kappa shape index (κ1) is 18.7. The van der Waals surface area contributed by atoms with Gasteiger partial charge in [0.25, 0.3) is 0 Å². The van der Waals surface area contributed by atoms with E-state index in [0.717, 1.165) is 29.1 Å². The number of benzene rings is 1. The van der Waals surface area contributed by atoms with Gasteiger partial charge in [-0.25, -0.2) is 4.98 Å². The Kier molecular flexibility index (Phi) is 6.46. The van der Waals surface area contributed by atoms with E-state index in [0.29, 0.717) is 5.16 Å². The molecule has 0 aliphatic rings. The van der Waals surface area contributed by atoms with Crippen LogP contribution in [0.4, 0.5) is 0 Å². The molecule has 26 heavy (non-hydrogen) atoms. The van der Waals surface area contributed by atoms with E-state index in [-0.39, 0.29) is 17.7 Å². The lowest BCUT2D eigenvalue weighted by molar-refractivity contribution is -0.119. The lowest BCUT2D eigenvalue weighted by atomic mass is 10.0. The van der Waals surface area contributed by atoms with E-state index < -0.39 is 0 Å². The van der Waals surface area contributed by atoms with E-state index >= 15 is 0 Å². The molecule has 0 bridgehead atoms. The van der Waals surface area contributed by atoms with Crippen LogP contribution in [0, 0.1) is 6.92 Å². The van der Waals surface area contributed by atoms with Gasteiger partial charge in [0.2, 0.25) is 11.1 Å². The second-order valence-electron chi connectivity index (χ2n) is 6.03. The molecule has 1 aromatic carbocycles. The fourth-order valence-electron chi connectivity index (χ4n) is 2.56. The number of aryl methyl sites for hydroxylation is 2. The van der Waals surface area contributed by atoms with Gasteiger partial charge in [-0.05, 0) is 30.4 Å². The molecule has 0 aliphatic carbocycles. The number of hydrogen-bond donors (Lipinski definition) is 2. The zero-order valence-corrected chi connectivity index (χ0v) is 16.5. The monoisotopic (exact) mass is 386 g/mol. The lowest BCUT2D eigenvalue weighted by Crippen LogP contribution is -2.30. The molecule has 7 heteroatoms. The summed E-state index contributed by atoms with van der Waals surface area (Å²) in [4.78, 5) is 18.0. The van der Waals surface area contributed by atoms with Crippen LogP contribution in [-0.2, 0) is 11.2 Å². The van der Waals surface area contributed by atoms with Gasteiger partial charge in [0.15, 0.2) is 0 Å². The molecule has 2 N–H and O–H groups in total. The molecular weight excluding hydrogens is 364 g/mol. The Morgan fingerprint density at radius 3 is 2.81 bits per heavy atom. The average molecular weight is 387 g/mol. The summed E-state index contributed by atoms with van der Waals surface area (Å²) < 4.78 is 0. The Balaban J connectivity index is 1.64. The molecule has 2 aromatic heterocycles. The second-order valence-corrected chi connectivity index (χ2v) is 7.95. The summed E-state index contributed by atoms with van der Waals surface area (Å²) in [5.41, 5.74) is 2.28. The highest BCUT2D eigenvalue weighted by Crippen LogP contribution is 2.26. The van der Waals surface area contributed by atoms with Crippen molar-refractivity contribution in [3.63, 3.8) is 0 Å². The van der Waals surface area contributed by atoms with Gasteiger partial charge >= 0.3 is 0 Å². The lowest BCUT2D eigenvalue weighted by Gasteiger charge is -2.18. The van der Waals surface area contributed by atoms with Gasteiger partial charge in [0.05, 0.1) is 11.8 Å². The maximum absolute atomic E-state index is 12.5. The van der Waals surface area contributed by atoms with E-state index in [1.54, 1.807) is 11.3 Å². The highest BCUT2D eigenvalue weighted by Gasteiger charge is 2.18. The molecule has 3 aromatic rings. The second kappa shape index (κ2) is 9.00. The van der Waals surface area contributed by atoms with Crippen LogP contribution in [0.15, 0.2) is 46.9 Å².